The molecule has 0 fully saturated rings. The van der Waals surface area contributed by atoms with Crippen LogP contribution >= 0.6 is 0 Å². The Hall–Kier alpha value is -16.0. The Labute approximate surface area is 804 Å². The normalized spacial score (nSPS) is 11.4. The topological polar surface area (TPSA) is 196 Å². The van der Waals surface area contributed by atoms with E-state index >= 15 is 0 Å². The maximum absolute atomic E-state index is 5.07. The van der Waals surface area contributed by atoms with Gasteiger partial charge in [-0.05, 0) is 200 Å². The van der Waals surface area contributed by atoms with E-state index in [2.05, 4.69) is 253 Å². The summed E-state index contributed by atoms with van der Waals surface area (Å²) < 4.78 is 22.3. The maximum atomic E-state index is 5.07. The number of imidazole rings is 3. The van der Waals surface area contributed by atoms with E-state index < -0.39 is 0 Å². The largest absolute Gasteiger partial charge is 2.00 e. The molecule has 26 aromatic rings. The van der Waals surface area contributed by atoms with Crippen molar-refractivity contribution in [2.75, 3.05) is 0 Å². The number of pyridine rings is 3. The van der Waals surface area contributed by atoms with E-state index in [-0.39, 0.29) is 63.2 Å². The van der Waals surface area contributed by atoms with Crippen molar-refractivity contribution in [2.24, 2.45) is 21.1 Å². The molecule has 14 heterocycles. The zero-order valence-corrected chi connectivity index (χ0v) is 77.8. The number of benzene rings is 12. The molecule has 642 valence electrons. The van der Waals surface area contributed by atoms with Crippen LogP contribution in [0.5, 0.6) is 0 Å². The van der Waals surface area contributed by atoms with Crippen molar-refractivity contribution in [1.29, 1.82) is 0 Å². The number of aromatic nitrogens is 22. The molecule has 0 N–H and O–H groups in total. The van der Waals surface area contributed by atoms with E-state index in [4.69, 9.17) is 19.9 Å². The fraction of sp³-hybridized carbons (Fsp3) is 0.0278. The van der Waals surface area contributed by atoms with Crippen LogP contribution in [0.2, 0.25) is 0 Å². The van der Waals surface area contributed by atoms with Gasteiger partial charge in [-0.2, -0.15) is 25.5 Å². The first-order valence-electron chi connectivity index (χ1n) is 42.4. The molecule has 0 saturated heterocycles. The molecule has 12 aromatic carbocycles. The van der Waals surface area contributed by atoms with Gasteiger partial charge in [0.05, 0.1) is 61.9 Å². The van der Waals surface area contributed by atoms with Gasteiger partial charge in [0.25, 0.3) is 0 Å². The van der Waals surface area contributed by atoms with Crippen molar-refractivity contribution >= 4 is 98.5 Å². The molecule has 14 aromatic heterocycles. The minimum atomic E-state index is 0. The molecule has 0 saturated carbocycles. The molecule has 25 heteroatoms. The van der Waals surface area contributed by atoms with Crippen molar-refractivity contribution in [3.63, 3.8) is 0 Å². The zero-order chi connectivity index (χ0) is 86.4. The van der Waals surface area contributed by atoms with Crippen LogP contribution in [0.3, 0.4) is 0 Å². The van der Waals surface area contributed by atoms with Crippen molar-refractivity contribution < 1.29 is 63.2 Å². The van der Waals surface area contributed by atoms with Crippen molar-refractivity contribution in [3.05, 3.63) is 408 Å². The Morgan fingerprint density at radius 3 is 1.20 bits per heavy atom. The van der Waals surface area contributed by atoms with Crippen LogP contribution in [0.1, 0.15) is 0 Å². The standard InChI is InChI=1S/2C37H24N8.C34H22N6.3Pt/c1-42-34-13-3-2-12-32(34)41-37(42)30-24-36-29(23-35(30)44-20-8-18-40-44)28-22-26(43-19-7-17-39-43)14-15-33(28)45(36)27-10-6-9-25(21-27)31-11-4-5-16-38-31;1-42-33-10-3-2-9-31(33)41-37(42)26-11-14-28-29-24-27(43-20-6-18-39-43)13-16-32(29)45(35(28)23-26)36-22-25(30-8-4-5-17-38-30)12-15-34(36)44-21-7-19-40-44;1-38-31-15-5-3-12-29(31)37-34(38)24-17-18-27-26-11-2-4-14-30(26)40(32(27)22-24)25-10-6-9-23(21-25)28-13-7-16-33(36-28)39-20-8-19-35-39;;;/h2-20,22-23H,1H3;2-21,24H,1H3;2-20H,1H3;;;/q3*-2;3*+2. The third-order valence-electron chi connectivity index (χ3n) is 23.9. The summed E-state index contributed by atoms with van der Waals surface area (Å²) in [7, 11) is 6.15. The molecule has 0 radical (unpaired) electrons. The quantitative estimate of drug-likeness (QED) is 0.0939. The van der Waals surface area contributed by atoms with Crippen LogP contribution in [0.4, 0.5) is 0 Å². The van der Waals surface area contributed by atoms with E-state index in [0.717, 1.165) is 207 Å². The second-order valence-corrected chi connectivity index (χ2v) is 31.5. The summed E-state index contributed by atoms with van der Waals surface area (Å²) in [6.07, 6.45) is 22.2. The number of fused-ring (bicyclic) bond motifs is 12. The summed E-state index contributed by atoms with van der Waals surface area (Å²) >= 11 is 0. The average molecular weight is 2260 g/mol. The van der Waals surface area contributed by atoms with Gasteiger partial charge in [-0.25, -0.2) is 14.0 Å². The molecule has 0 spiro atoms. The number of para-hydroxylation sites is 7. The molecule has 0 unspecified atom stereocenters. The molecular weight excluding hydrogens is 2190 g/mol. The van der Waals surface area contributed by atoms with Gasteiger partial charge in [-0.15, -0.1) is 143 Å². The number of hydrogen-bond donors (Lipinski definition) is 0. The maximum Gasteiger partial charge on any atom is 2.00 e. The van der Waals surface area contributed by atoms with Gasteiger partial charge < -0.3 is 37.4 Å². The molecule has 26 rings (SSSR count). The van der Waals surface area contributed by atoms with E-state index in [1.807, 2.05) is 214 Å². The van der Waals surface area contributed by atoms with Crippen LogP contribution < -0.4 is 0 Å². The van der Waals surface area contributed by atoms with E-state index in [0.29, 0.717) is 0 Å². The van der Waals surface area contributed by atoms with Gasteiger partial charge in [-0.1, -0.05) is 113 Å². The molecule has 22 nitrogen and oxygen atoms in total. The number of aryl methyl sites for hydroxylation is 3. The first-order chi connectivity index (χ1) is 64.2. The monoisotopic (exact) mass is 2260 g/mol. The fourth-order valence-electron chi connectivity index (χ4n) is 17.8. The summed E-state index contributed by atoms with van der Waals surface area (Å²) in [4.78, 5) is 29.0. The minimum Gasteiger partial charge on any atom is -0.367 e. The predicted molar refractivity (Wildman–Crippen MR) is 510 cm³/mol. The van der Waals surface area contributed by atoms with Gasteiger partial charge in [0.1, 0.15) is 5.82 Å². The van der Waals surface area contributed by atoms with Gasteiger partial charge in [0.2, 0.25) is 0 Å². The van der Waals surface area contributed by atoms with Gasteiger partial charge in [-0.3, -0.25) is 29.3 Å². The zero-order valence-electron chi connectivity index (χ0n) is 71.0. The van der Waals surface area contributed by atoms with E-state index in [9.17, 15) is 0 Å². The Morgan fingerprint density at radius 2 is 0.669 bits per heavy atom. The average Bonchev–Trinajstić information content (AvgIpc) is 1.58. The predicted octanol–water partition coefficient (Wildman–Crippen LogP) is 21.9. The van der Waals surface area contributed by atoms with Crippen LogP contribution in [-0.4, -0.2) is 106 Å². The van der Waals surface area contributed by atoms with Crippen LogP contribution in [0.15, 0.2) is 372 Å². The molecular formula is C108H70N22Pt3. The Balaban J connectivity index is 0.000000119. The summed E-state index contributed by atoms with van der Waals surface area (Å²) in [6.45, 7) is 0. The van der Waals surface area contributed by atoms with E-state index in [1.165, 1.54) is 5.39 Å². The Morgan fingerprint density at radius 1 is 0.248 bits per heavy atom. The molecule has 0 aliphatic heterocycles. The van der Waals surface area contributed by atoms with Crippen LogP contribution in [0, 0.1) is 36.4 Å². The number of rotatable bonds is 14. The SMILES string of the molecule is Cn1c(-c2[c-]c3c(cc2)c2cc(-n4cccn4)ccc2n3-c2[c-]c(-c3ccccn3)ccc2-n2cccn2)nc2ccccc21.Cn1c(-c2[c-]c3c(cc2)c2ccccc2n3-c2[c-]c(-c3cccc(-n4cccn4)n3)ccc2)nc2ccccc21.Cn1c(-c2[c-]c3c(cc2-n2cccn2)c2cc(-n4cccn4)ccc2n3-c2[c-]c(-c3ccccn3)ccc2)nc2ccccc21.[Pt+2].[Pt+2].[Pt+2]. The molecule has 0 aliphatic rings. The fourth-order valence-corrected chi connectivity index (χ4v) is 17.8. The first kappa shape index (κ1) is 83.9. The second-order valence-electron chi connectivity index (χ2n) is 31.5. The third kappa shape index (κ3) is 14.9. The minimum absolute atomic E-state index is 0. The molecule has 0 bridgehead atoms. The third-order valence-corrected chi connectivity index (χ3v) is 23.9. The summed E-state index contributed by atoms with van der Waals surface area (Å²) in [5.41, 5.74) is 26.3. The summed E-state index contributed by atoms with van der Waals surface area (Å²) in [6, 6.07) is 123. The van der Waals surface area contributed by atoms with Gasteiger partial charge in [0, 0.05) is 118 Å². The molecule has 133 heavy (non-hydrogen) atoms. The Kier molecular flexibility index (Phi) is 22.2. The second kappa shape index (κ2) is 35.1. The smallest absolute Gasteiger partial charge is 0.367 e. The number of nitrogens with zero attached hydrogens (tertiary/aromatic N) is 22. The van der Waals surface area contributed by atoms with Crippen LogP contribution in [-0.2, 0) is 84.3 Å². The number of hydrogen-bond acceptors (Lipinski definition) is 11. The van der Waals surface area contributed by atoms with E-state index in [1.54, 1.807) is 48.1 Å². The molecule has 0 atom stereocenters. The van der Waals surface area contributed by atoms with Crippen molar-refractivity contribution in [3.8, 4) is 114 Å². The van der Waals surface area contributed by atoms with Gasteiger partial charge in [0.15, 0.2) is 0 Å². The Bertz CT molecular complexity index is 8790. The van der Waals surface area contributed by atoms with Crippen LogP contribution in [0.25, 0.3) is 212 Å². The van der Waals surface area contributed by atoms with Crippen molar-refractivity contribution in [1.82, 2.24) is 106 Å². The molecule has 0 aliphatic carbocycles. The first-order valence-corrected chi connectivity index (χ1v) is 42.4. The molecule has 0 amide bonds. The summed E-state index contributed by atoms with van der Waals surface area (Å²) in [5, 5.41) is 29.1. The van der Waals surface area contributed by atoms with Gasteiger partial charge >= 0.3 is 63.2 Å². The van der Waals surface area contributed by atoms with Crippen molar-refractivity contribution in [2.45, 2.75) is 0 Å². The summed E-state index contributed by atoms with van der Waals surface area (Å²) in [5.74, 6) is 3.31.